The summed E-state index contributed by atoms with van der Waals surface area (Å²) in [4.78, 5) is 31.0. The highest BCUT2D eigenvalue weighted by molar-refractivity contribution is 7.22. The van der Waals surface area contributed by atoms with Crippen molar-refractivity contribution in [3.8, 4) is 0 Å². The molecule has 0 aliphatic carbocycles. The molecule has 0 radical (unpaired) electrons. The first kappa shape index (κ1) is 20.7. The molecule has 0 atom stereocenters. The van der Waals surface area contributed by atoms with Crippen LogP contribution in [-0.2, 0) is 6.54 Å². The Hall–Kier alpha value is -3.58. The average Bonchev–Trinajstić information content (AvgIpc) is 3.16. The Morgan fingerprint density at radius 2 is 1.81 bits per heavy atom. The number of hydrogen-bond acceptors (Lipinski definition) is 5. The molecule has 1 aromatic heterocycles. The summed E-state index contributed by atoms with van der Waals surface area (Å²) in [6.45, 7) is 5.97. The van der Waals surface area contributed by atoms with E-state index in [1.54, 1.807) is 24.0 Å². The first-order valence-corrected chi connectivity index (χ1v) is 10.6. The molecular formula is C24H21N3O3S. The fourth-order valence-electron chi connectivity index (χ4n) is 3.66. The number of rotatable bonds is 5. The molecule has 0 saturated carbocycles. The fourth-order valence-corrected chi connectivity index (χ4v) is 4.80. The Morgan fingerprint density at radius 1 is 1.06 bits per heavy atom. The molecule has 0 N–H and O–H groups in total. The predicted molar refractivity (Wildman–Crippen MR) is 124 cm³/mol. The first-order chi connectivity index (χ1) is 14.8. The van der Waals surface area contributed by atoms with Crippen molar-refractivity contribution in [2.45, 2.75) is 27.3 Å². The van der Waals surface area contributed by atoms with Gasteiger partial charge in [0.2, 0.25) is 0 Å². The van der Waals surface area contributed by atoms with E-state index in [0.29, 0.717) is 22.8 Å². The summed E-state index contributed by atoms with van der Waals surface area (Å²) in [5.41, 5.74) is 4.59. The third-order valence-electron chi connectivity index (χ3n) is 5.21. The van der Waals surface area contributed by atoms with Gasteiger partial charge in [-0.25, -0.2) is 4.98 Å². The summed E-state index contributed by atoms with van der Waals surface area (Å²) in [6, 6.07) is 18.4. The molecule has 156 valence electrons. The van der Waals surface area contributed by atoms with Gasteiger partial charge in [-0.05, 0) is 49.6 Å². The minimum absolute atomic E-state index is 0.0683. The number of nitrogens with zero attached hydrogens (tertiary/aromatic N) is 3. The van der Waals surface area contributed by atoms with Crippen LogP contribution < -0.4 is 4.90 Å². The van der Waals surface area contributed by atoms with Gasteiger partial charge < -0.3 is 0 Å². The lowest BCUT2D eigenvalue weighted by Gasteiger charge is -2.21. The Kier molecular flexibility index (Phi) is 5.52. The second-order valence-electron chi connectivity index (χ2n) is 7.51. The van der Waals surface area contributed by atoms with E-state index in [2.05, 4.69) is 12.1 Å². The second-order valence-corrected chi connectivity index (χ2v) is 8.52. The number of fused-ring (bicyclic) bond motifs is 1. The largest absolute Gasteiger partial charge is 0.279 e. The van der Waals surface area contributed by atoms with E-state index in [4.69, 9.17) is 4.98 Å². The SMILES string of the molecule is Cc1cc(C)c2nc(N(Cc3ccccc3)C(=O)c3cccc([N+](=O)[O-])c3C)sc2c1. The Bertz CT molecular complexity index is 1300. The number of amides is 1. The second kappa shape index (κ2) is 8.28. The van der Waals surface area contributed by atoms with Crippen molar-refractivity contribution in [2.24, 2.45) is 0 Å². The molecule has 0 aliphatic rings. The lowest BCUT2D eigenvalue weighted by Crippen LogP contribution is -2.31. The maximum Gasteiger partial charge on any atom is 0.273 e. The number of hydrogen-bond donors (Lipinski definition) is 0. The third kappa shape index (κ3) is 4.04. The van der Waals surface area contributed by atoms with E-state index in [1.807, 2.05) is 44.2 Å². The quantitative estimate of drug-likeness (QED) is 0.288. The number of anilines is 1. The van der Waals surface area contributed by atoms with Gasteiger partial charge >= 0.3 is 0 Å². The highest BCUT2D eigenvalue weighted by atomic mass is 32.1. The zero-order valence-electron chi connectivity index (χ0n) is 17.5. The minimum Gasteiger partial charge on any atom is -0.279 e. The number of carbonyl (C=O) groups excluding carboxylic acids is 1. The van der Waals surface area contributed by atoms with E-state index < -0.39 is 4.92 Å². The van der Waals surface area contributed by atoms with Gasteiger partial charge in [0, 0.05) is 17.2 Å². The van der Waals surface area contributed by atoms with Crippen molar-refractivity contribution in [2.75, 3.05) is 4.90 Å². The van der Waals surface area contributed by atoms with Gasteiger partial charge in [0.05, 0.1) is 21.7 Å². The minimum atomic E-state index is -0.461. The maximum absolute atomic E-state index is 13.6. The molecule has 6 nitrogen and oxygen atoms in total. The number of thiazole rings is 1. The summed E-state index contributed by atoms with van der Waals surface area (Å²) in [6.07, 6.45) is 0. The van der Waals surface area contributed by atoms with E-state index >= 15 is 0 Å². The monoisotopic (exact) mass is 431 g/mol. The van der Waals surface area contributed by atoms with Crippen molar-refractivity contribution >= 4 is 38.3 Å². The summed E-state index contributed by atoms with van der Waals surface area (Å²) in [7, 11) is 0. The summed E-state index contributed by atoms with van der Waals surface area (Å²) < 4.78 is 1.01. The molecule has 0 bridgehead atoms. The van der Waals surface area contributed by atoms with Crippen molar-refractivity contribution in [3.63, 3.8) is 0 Å². The van der Waals surface area contributed by atoms with Gasteiger partial charge in [0.25, 0.3) is 11.6 Å². The number of benzene rings is 3. The van der Waals surface area contributed by atoms with Crippen LogP contribution in [0.1, 0.15) is 32.6 Å². The van der Waals surface area contributed by atoms with Crippen LogP contribution in [0.15, 0.2) is 60.7 Å². The number of carbonyl (C=O) groups is 1. The molecule has 1 amide bonds. The van der Waals surface area contributed by atoms with Gasteiger partial charge in [-0.15, -0.1) is 0 Å². The Morgan fingerprint density at radius 3 is 2.52 bits per heavy atom. The van der Waals surface area contributed by atoms with Crippen molar-refractivity contribution in [1.82, 2.24) is 4.98 Å². The van der Waals surface area contributed by atoms with E-state index in [-0.39, 0.29) is 11.6 Å². The highest BCUT2D eigenvalue weighted by Crippen LogP contribution is 2.34. The molecule has 1 heterocycles. The number of nitro benzene ring substituents is 1. The van der Waals surface area contributed by atoms with Crippen molar-refractivity contribution in [3.05, 3.63) is 98.6 Å². The Balaban J connectivity index is 1.84. The van der Waals surface area contributed by atoms with Crippen LogP contribution in [0.25, 0.3) is 10.2 Å². The van der Waals surface area contributed by atoms with E-state index in [9.17, 15) is 14.9 Å². The van der Waals surface area contributed by atoms with E-state index in [0.717, 1.165) is 26.9 Å². The van der Waals surface area contributed by atoms with Crippen LogP contribution in [0, 0.1) is 30.9 Å². The van der Waals surface area contributed by atoms with Crippen LogP contribution >= 0.6 is 11.3 Å². The van der Waals surface area contributed by atoms with Gasteiger partial charge in [-0.3, -0.25) is 19.8 Å². The zero-order valence-corrected chi connectivity index (χ0v) is 18.3. The van der Waals surface area contributed by atoms with Crippen LogP contribution in [0.4, 0.5) is 10.8 Å². The van der Waals surface area contributed by atoms with Crippen LogP contribution in [0.5, 0.6) is 0 Å². The van der Waals surface area contributed by atoms with Gasteiger partial charge in [-0.1, -0.05) is 53.8 Å². The molecule has 4 aromatic rings. The number of nitro groups is 1. The van der Waals surface area contributed by atoms with Crippen LogP contribution in [0.3, 0.4) is 0 Å². The normalized spacial score (nSPS) is 10.9. The maximum atomic E-state index is 13.6. The lowest BCUT2D eigenvalue weighted by atomic mass is 10.1. The lowest BCUT2D eigenvalue weighted by molar-refractivity contribution is -0.385. The molecule has 0 fully saturated rings. The van der Waals surface area contributed by atoms with Crippen molar-refractivity contribution in [1.29, 1.82) is 0 Å². The van der Waals surface area contributed by atoms with Gasteiger partial charge in [0.15, 0.2) is 5.13 Å². The van der Waals surface area contributed by atoms with Gasteiger partial charge in [0.1, 0.15) is 0 Å². The van der Waals surface area contributed by atoms with Gasteiger partial charge in [-0.2, -0.15) is 0 Å². The molecule has 4 rings (SSSR count). The summed E-state index contributed by atoms with van der Waals surface area (Å²) in [5.74, 6) is -0.307. The summed E-state index contributed by atoms with van der Waals surface area (Å²) in [5, 5.41) is 12.0. The molecule has 0 unspecified atom stereocenters. The predicted octanol–water partition coefficient (Wildman–Crippen LogP) is 5.98. The summed E-state index contributed by atoms with van der Waals surface area (Å²) >= 11 is 1.45. The molecule has 7 heteroatoms. The van der Waals surface area contributed by atoms with E-state index in [1.165, 1.54) is 17.4 Å². The molecular weight excluding hydrogens is 410 g/mol. The smallest absolute Gasteiger partial charge is 0.273 e. The van der Waals surface area contributed by atoms with Crippen molar-refractivity contribution < 1.29 is 9.72 Å². The molecule has 3 aromatic carbocycles. The first-order valence-electron chi connectivity index (χ1n) is 9.82. The molecule has 0 aliphatic heterocycles. The topological polar surface area (TPSA) is 76.3 Å². The molecule has 31 heavy (non-hydrogen) atoms. The molecule has 0 spiro atoms. The number of aromatic nitrogens is 1. The standard InChI is InChI=1S/C24H21N3O3S/c1-15-12-16(2)22-21(13-15)31-24(25-22)26(14-18-8-5-4-6-9-18)23(28)19-10-7-11-20(17(19)3)27(29)30/h4-13H,14H2,1-3H3. The third-order valence-corrected chi connectivity index (χ3v) is 6.24. The fraction of sp³-hybridized carbons (Fsp3) is 0.167. The zero-order chi connectivity index (χ0) is 22.1. The number of aryl methyl sites for hydroxylation is 2. The van der Waals surface area contributed by atoms with Crippen LogP contribution in [-0.4, -0.2) is 15.8 Å². The highest BCUT2D eigenvalue weighted by Gasteiger charge is 2.26. The Labute approximate surface area is 183 Å². The van der Waals surface area contributed by atoms with Crippen LogP contribution in [0.2, 0.25) is 0 Å². The average molecular weight is 432 g/mol. The molecule has 0 saturated heterocycles.